The van der Waals surface area contributed by atoms with Crippen molar-refractivity contribution in [2.45, 2.75) is 67.1 Å². The van der Waals surface area contributed by atoms with Crippen LogP contribution in [0, 0.1) is 5.92 Å². The zero-order valence-corrected chi connectivity index (χ0v) is 32.3. The second-order valence-corrected chi connectivity index (χ2v) is 18.2. The second-order valence-electron chi connectivity index (χ2n) is 13.5. The molecule has 5 heterocycles. The maximum atomic E-state index is 12.7. The smallest absolute Gasteiger partial charge is 0.479 e. The van der Waals surface area contributed by atoms with E-state index >= 15 is 0 Å². The number of ether oxygens (including phenoxy) is 2. The fourth-order valence-corrected chi connectivity index (χ4v) is 9.53. The molecule has 3 aliphatic heterocycles. The first-order chi connectivity index (χ1) is 27.4. The number of rotatable bonds is 15. The van der Waals surface area contributed by atoms with E-state index in [-0.39, 0.29) is 17.0 Å². The largest absolute Gasteiger partial charge is 0.481 e. The Morgan fingerprint density at radius 2 is 1.51 bits per heavy atom. The zero-order valence-electron chi connectivity index (χ0n) is 29.7. The summed E-state index contributed by atoms with van der Waals surface area (Å²) in [6.07, 6.45) is -12.3. The summed E-state index contributed by atoms with van der Waals surface area (Å²) < 4.78 is 74.4. The van der Waals surface area contributed by atoms with E-state index in [1.807, 2.05) is 5.32 Å². The number of imidazole rings is 1. The second kappa shape index (κ2) is 16.1. The minimum atomic E-state index is -5.62. The first kappa shape index (κ1) is 44.5. The van der Waals surface area contributed by atoms with Gasteiger partial charge in [0.1, 0.15) is 54.2 Å². The van der Waals surface area contributed by atoms with Crippen molar-refractivity contribution in [2.24, 2.45) is 16.8 Å². The van der Waals surface area contributed by atoms with E-state index in [0.29, 0.717) is 0 Å². The van der Waals surface area contributed by atoms with Gasteiger partial charge in [-0.25, -0.2) is 42.4 Å². The molecule has 2 amide bonds. The SMILES string of the molecule is NC(=O)C1=CN([C@@H]2O[C@H](COP(=O)(O)OP(=O)(O)OC[C@H]3O[C@@H](n4cnc5c(N)ncnc54)[C@H](O)[C@@H]3O)[C@@H](O)[C@H]2O)C=C2[C@H]1C[C@H](O)[C@@]2(NC(=O)CS(N)(=O)=O)C(=O)O. The maximum Gasteiger partial charge on any atom is 0.481 e. The summed E-state index contributed by atoms with van der Waals surface area (Å²) in [6.45, 7) is -2.16. The van der Waals surface area contributed by atoms with Gasteiger partial charge in [0.25, 0.3) is 0 Å². The van der Waals surface area contributed by atoms with Gasteiger partial charge in [-0.05, 0) is 12.0 Å². The molecule has 6 rings (SSSR count). The number of nitrogens with two attached hydrogens (primary N) is 3. The fraction of sp³-hybridized carbons (Fsp3) is 0.556. The standard InChI is InChI=1S/C27H37N9O20P2S/c28-21-16-23(32-7-31-21)36(8-33-16)25-20(42)18(40)13(55-25)5-53-58(48,49)56-57(46,47)52-4-12-17(39)19(41)24(54-12)35-2-10(22(29)43)9-1-14(37)27(26(44)45,11(9)3-35)34-15(38)6-59(30,50)51/h2-3,7-9,12-14,17-20,24-25,37,39-42H,1,4-6H2,(H2,29,43)(H,34,38)(H,44,45)(H,46,47)(H,48,49)(H2,28,31,32)(H2,30,50,51)/t9-,12+,13+,14-,17+,18+,19+,20+,24+,25+,27+/m0/s1. The molecule has 0 radical (unpaired) electrons. The Labute approximate surface area is 329 Å². The third-order valence-corrected chi connectivity index (χ3v) is 12.9. The van der Waals surface area contributed by atoms with Crippen molar-refractivity contribution < 1.29 is 95.2 Å². The van der Waals surface area contributed by atoms with Gasteiger partial charge in [-0.1, -0.05) is 0 Å². The van der Waals surface area contributed by atoms with E-state index in [0.717, 1.165) is 23.6 Å². The molecular weight excluding hydrogens is 864 g/mol. The first-order valence-corrected chi connectivity index (χ1v) is 21.4. The number of carbonyl (C=O) groups excluding carboxylic acids is 2. The van der Waals surface area contributed by atoms with Crippen LogP contribution in [-0.4, -0.2) is 165 Å². The minimum Gasteiger partial charge on any atom is -0.479 e. The number of aliphatic carboxylic acids is 1. The molecule has 4 aliphatic rings. The molecule has 59 heavy (non-hydrogen) atoms. The maximum absolute atomic E-state index is 12.7. The van der Waals surface area contributed by atoms with Crippen LogP contribution in [0.4, 0.5) is 5.82 Å². The number of carbonyl (C=O) groups is 3. The van der Waals surface area contributed by atoms with E-state index in [1.165, 1.54) is 10.9 Å². The number of primary sulfonamides is 1. The number of nitrogens with one attached hydrogen (secondary N) is 1. The van der Waals surface area contributed by atoms with Gasteiger partial charge in [0, 0.05) is 23.9 Å². The van der Waals surface area contributed by atoms with Crippen LogP contribution in [-0.2, 0) is 56.4 Å². The van der Waals surface area contributed by atoms with Gasteiger partial charge < -0.3 is 71.6 Å². The topological polar surface area (TPSA) is 464 Å². The Balaban J connectivity index is 1.11. The van der Waals surface area contributed by atoms with E-state index in [4.69, 9.17) is 35.1 Å². The summed E-state index contributed by atoms with van der Waals surface area (Å²) in [6, 6.07) is 0. The lowest BCUT2D eigenvalue weighted by Gasteiger charge is -2.37. The molecule has 0 bridgehead atoms. The Morgan fingerprint density at radius 3 is 2.07 bits per heavy atom. The summed E-state index contributed by atoms with van der Waals surface area (Å²) in [5.74, 6) is -7.22. The van der Waals surface area contributed by atoms with E-state index < -0.39 is 147 Å². The summed E-state index contributed by atoms with van der Waals surface area (Å²) in [4.78, 5) is 70.8. The minimum absolute atomic E-state index is 0.000343. The lowest BCUT2D eigenvalue weighted by molar-refractivity contribution is -0.149. The number of nitrogens with zero attached hydrogens (tertiary/aromatic N) is 5. The van der Waals surface area contributed by atoms with Crippen molar-refractivity contribution in [3.8, 4) is 0 Å². The average molecular weight is 902 g/mol. The van der Waals surface area contributed by atoms with Crippen LogP contribution in [0.2, 0.25) is 0 Å². The molecule has 0 spiro atoms. The molecule has 326 valence electrons. The van der Waals surface area contributed by atoms with Crippen LogP contribution >= 0.6 is 15.6 Å². The third-order valence-electron chi connectivity index (χ3n) is 9.67. The molecule has 29 nitrogen and oxygen atoms in total. The van der Waals surface area contributed by atoms with Crippen LogP contribution in [0.5, 0.6) is 0 Å². The molecule has 13 atom stereocenters. The number of phosphoric acid groups is 2. The number of phosphoric ester groups is 2. The number of aliphatic hydroxyl groups excluding tert-OH is 5. The highest BCUT2D eigenvalue weighted by Gasteiger charge is 2.61. The highest BCUT2D eigenvalue weighted by molar-refractivity contribution is 7.89. The van der Waals surface area contributed by atoms with Gasteiger partial charge in [0.2, 0.25) is 21.8 Å². The van der Waals surface area contributed by atoms with Gasteiger partial charge in [0.05, 0.1) is 25.6 Å². The van der Waals surface area contributed by atoms with Gasteiger partial charge in [-0.2, -0.15) is 4.31 Å². The molecule has 0 aromatic carbocycles. The lowest BCUT2D eigenvalue weighted by atomic mass is 9.84. The number of amides is 2. The van der Waals surface area contributed by atoms with Crippen LogP contribution in [0.1, 0.15) is 12.6 Å². The normalized spacial score (nSPS) is 34.1. The molecule has 1 aliphatic carbocycles. The van der Waals surface area contributed by atoms with Crippen molar-refractivity contribution in [1.82, 2.24) is 29.7 Å². The van der Waals surface area contributed by atoms with Crippen molar-refractivity contribution >= 4 is 60.4 Å². The van der Waals surface area contributed by atoms with Gasteiger partial charge in [-0.15, -0.1) is 0 Å². The van der Waals surface area contributed by atoms with E-state index in [9.17, 15) is 72.4 Å². The Hall–Kier alpha value is -4.07. The number of carboxylic acid groups (broad SMARTS) is 1. The lowest BCUT2D eigenvalue weighted by Crippen LogP contribution is -2.62. The summed E-state index contributed by atoms with van der Waals surface area (Å²) in [5, 5.41) is 70.7. The Kier molecular flexibility index (Phi) is 12.1. The van der Waals surface area contributed by atoms with Crippen LogP contribution in [0.15, 0.2) is 36.2 Å². The van der Waals surface area contributed by atoms with Crippen molar-refractivity contribution in [3.05, 3.63) is 36.2 Å². The molecular formula is C27H37N9O20P2S. The number of aromatic nitrogens is 4. The summed E-state index contributed by atoms with van der Waals surface area (Å²) in [5.41, 5.74) is 7.91. The third kappa shape index (κ3) is 8.75. The Morgan fingerprint density at radius 1 is 0.932 bits per heavy atom. The van der Waals surface area contributed by atoms with E-state index in [1.54, 1.807) is 0 Å². The number of nitrogen functional groups attached to an aromatic ring is 1. The van der Waals surface area contributed by atoms with Gasteiger partial charge in [0.15, 0.2) is 29.5 Å². The average Bonchev–Trinajstić information content (AvgIpc) is 3.84. The number of hydrogen-bond donors (Lipinski definition) is 12. The molecule has 1 saturated carbocycles. The molecule has 3 fully saturated rings. The monoisotopic (exact) mass is 901 g/mol. The van der Waals surface area contributed by atoms with Crippen molar-refractivity contribution in [1.29, 1.82) is 0 Å². The van der Waals surface area contributed by atoms with E-state index in [2.05, 4.69) is 19.3 Å². The number of carboxylic acids is 1. The molecule has 15 N–H and O–H groups in total. The zero-order chi connectivity index (χ0) is 43.6. The van der Waals surface area contributed by atoms with Crippen LogP contribution in [0.3, 0.4) is 0 Å². The summed E-state index contributed by atoms with van der Waals surface area (Å²) >= 11 is 0. The van der Waals surface area contributed by atoms with Crippen LogP contribution < -0.4 is 21.9 Å². The number of primary amides is 1. The van der Waals surface area contributed by atoms with Crippen LogP contribution in [0.25, 0.3) is 11.2 Å². The number of aliphatic hydroxyl groups is 5. The molecule has 2 aromatic heterocycles. The predicted molar refractivity (Wildman–Crippen MR) is 187 cm³/mol. The molecule has 32 heteroatoms. The highest BCUT2D eigenvalue weighted by Crippen LogP contribution is 2.61. The van der Waals surface area contributed by atoms with Crippen molar-refractivity contribution in [3.63, 3.8) is 0 Å². The predicted octanol–water partition coefficient (Wildman–Crippen LogP) is -6.10. The quantitative estimate of drug-likeness (QED) is 0.0740. The number of sulfonamides is 1. The highest BCUT2D eigenvalue weighted by atomic mass is 32.2. The Bertz CT molecular complexity index is 2300. The summed E-state index contributed by atoms with van der Waals surface area (Å²) in [7, 11) is -15.7. The van der Waals surface area contributed by atoms with Gasteiger partial charge >= 0.3 is 21.6 Å². The fourth-order valence-electron chi connectivity index (χ4n) is 7.00. The number of fused-ring (bicyclic) bond motifs is 2. The van der Waals surface area contributed by atoms with Gasteiger partial charge in [-0.3, -0.25) is 23.2 Å². The van der Waals surface area contributed by atoms with Crippen molar-refractivity contribution in [2.75, 3.05) is 24.7 Å². The molecule has 2 aromatic rings. The molecule has 2 saturated heterocycles. The number of anilines is 1. The number of hydrogen-bond acceptors (Lipinski definition) is 22. The first-order valence-electron chi connectivity index (χ1n) is 16.7. The molecule has 2 unspecified atom stereocenters.